The van der Waals surface area contributed by atoms with E-state index in [1.54, 1.807) is 35.0 Å². The molecule has 0 amide bonds. The second kappa shape index (κ2) is 9.87. The van der Waals surface area contributed by atoms with Crippen molar-refractivity contribution >= 4 is 34.8 Å². The standard InChI is InChI=1S/C23H22N8O2S/c32-31(33)20-8-9-21(27-17-4-6-18(7-5-17)30-16-24-15-26-30)28-23(20)29-13-10-19(11-14-29)34-22-3-1-2-12-25-22/h1-9,12,15-16,19H,10-11,13-14H2,(H,27,28). The Morgan fingerprint density at radius 2 is 1.88 bits per heavy atom. The van der Waals surface area contributed by atoms with E-state index in [1.807, 2.05) is 47.4 Å². The lowest BCUT2D eigenvalue weighted by Gasteiger charge is -2.32. The largest absolute Gasteiger partial charge is 0.351 e. The molecule has 11 heteroatoms. The van der Waals surface area contributed by atoms with E-state index in [2.05, 4.69) is 25.4 Å². The van der Waals surface area contributed by atoms with Gasteiger partial charge in [0.2, 0.25) is 5.82 Å². The number of nitro groups is 1. The molecule has 0 radical (unpaired) electrons. The molecular weight excluding hydrogens is 452 g/mol. The molecule has 0 saturated carbocycles. The molecule has 0 unspecified atom stereocenters. The Morgan fingerprint density at radius 1 is 1.06 bits per heavy atom. The molecular formula is C23H22N8O2S. The van der Waals surface area contributed by atoms with Crippen molar-refractivity contribution in [3.63, 3.8) is 0 Å². The van der Waals surface area contributed by atoms with Crippen LogP contribution in [0, 0.1) is 10.1 Å². The second-order valence-electron chi connectivity index (χ2n) is 7.78. The number of aromatic nitrogens is 5. The summed E-state index contributed by atoms with van der Waals surface area (Å²) in [6.45, 7) is 1.41. The number of hydrogen-bond acceptors (Lipinski definition) is 9. The van der Waals surface area contributed by atoms with E-state index in [9.17, 15) is 10.1 Å². The molecule has 1 fully saturated rings. The van der Waals surface area contributed by atoms with Crippen LogP contribution in [0.1, 0.15) is 12.8 Å². The lowest BCUT2D eigenvalue weighted by molar-refractivity contribution is -0.384. The fourth-order valence-electron chi connectivity index (χ4n) is 3.85. The first-order valence-electron chi connectivity index (χ1n) is 10.9. The quantitative estimate of drug-likeness (QED) is 0.306. The Balaban J connectivity index is 1.29. The number of thioether (sulfide) groups is 1. The van der Waals surface area contributed by atoms with Gasteiger partial charge in [-0.05, 0) is 55.3 Å². The summed E-state index contributed by atoms with van der Waals surface area (Å²) in [6.07, 6.45) is 6.72. The summed E-state index contributed by atoms with van der Waals surface area (Å²) >= 11 is 1.76. The van der Waals surface area contributed by atoms with Crippen LogP contribution >= 0.6 is 11.8 Å². The number of pyridine rings is 2. The second-order valence-corrected chi connectivity index (χ2v) is 9.10. The number of hydrogen-bond donors (Lipinski definition) is 1. The number of nitrogens with one attached hydrogen (secondary N) is 1. The Bertz CT molecular complexity index is 1240. The molecule has 1 aliphatic heterocycles. The average Bonchev–Trinajstić information content (AvgIpc) is 3.41. The van der Waals surface area contributed by atoms with Gasteiger partial charge in [-0.15, -0.1) is 11.8 Å². The van der Waals surface area contributed by atoms with Gasteiger partial charge in [0.1, 0.15) is 18.5 Å². The predicted octanol–water partition coefficient (Wildman–Crippen LogP) is 4.47. The maximum absolute atomic E-state index is 11.7. The Kier molecular flexibility index (Phi) is 6.34. The molecule has 34 heavy (non-hydrogen) atoms. The van der Waals surface area contributed by atoms with Crippen molar-refractivity contribution in [3.05, 3.63) is 83.6 Å². The number of rotatable bonds is 7. The van der Waals surface area contributed by atoms with Gasteiger partial charge in [0.05, 0.1) is 15.6 Å². The first-order chi connectivity index (χ1) is 16.7. The predicted molar refractivity (Wildman–Crippen MR) is 131 cm³/mol. The molecule has 0 atom stereocenters. The molecule has 1 aliphatic rings. The highest BCUT2D eigenvalue weighted by Gasteiger charge is 2.27. The zero-order valence-corrected chi connectivity index (χ0v) is 19.0. The molecule has 4 aromatic rings. The molecule has 0 spiro atoms. The van der Waals surface area contributed by atoms with Crippen LogP contribution in [-0.2, 0) is 0 Å². The molecule has 1 aromatic carbocycles. The van der Waals surface area contributed by atoms with E-state index in [0.717, 1.165) is 29.2 Å². The third kappa shape index (κ3) is 4.99. The van der Waals surface area contributed by atoms with Crippen molar-refractivity contribution < 1.29 is 4.92 Å². The third-order valence-electron chi connectivity index (χ3n) is 5.54. The first-order valence-corrected chi connectivity index (χ1v) is 11.7. The smallest absolute Gasteiger partial charge is 0.311 e. The summed E-state index contributed by atoms with van der Waals surface area (Å²) in [7, 11) is 0. The maximum atomic E-state index is 11.7. The van der Waals surface area contributed by atoms with E-state index in [1.165, 1.54) is 12.4 Å². The highest BCUT2D eigenvalue weighted by molar-refractivity contribution is 7.99. The van der Waals surface area contributed by atoms with Crippen molar-refractivity contribution in [2.45, 2.75) is 23.1 Å². The monoisotopic (exact) mass is 474 g/mol. The highest BCUT2D eigenvalue weighted by Crippen LogP contribution is 2.34. The van der Waals surface area contributed by atoms with Crippen LogP contribution in [-0.4, -0.2) is 48.0 Å². The van der Waals surface area contributed by atoms with E-state index < -0.39 is 0 Å². The topological polar surface area (TPSA) is 115 Å². The highest BCUT2D eigenvalue weighted by atomic mass is 32.2. The fourth-order valence-corrected chi connectivity index (χ4v) is 4.91. The van der Waals surface area contributed by atoms with Gasteiger partial charge in [-0.25, -0.2) is 19.6 Å². The first kappa shape index (κ1) is 21.8. The van der Waals surface area contributed by atoms with Gasteiger partial charge in [-0.3, -0.25) is 10.1 Å². The summed E-state index contributed by atoms with van der Waals surface area (Å²) in [5.74, 6) is 0.953. The SMILES string of the molecule is O=[N+]([O-])c1ccc(Nc2ccc(-n3cncn3)cc2)nc1N1CCC(Sc2ccccn2)CC1. The average molecular weight is 475 g/mol. The maximum Gasteiger partial charge on any atom is 0.311 e. The van der Waals surface area contributed by atoms with E-state index in [4.69, 9.17) is 0 Å². The van der Waals surface area contributed by atoms with Crippen molar-refractivity contribution in [1.82, 2.24) is 24.7 Å². The molecule has 1 N–H and O–H groups in total. The zero-order chi connectivity index (χ0) is 23.3. The number of piperidine rings is 1. The lowest BCUT2D eigenvalue weighted by Crippen LogP contribution is -2.35. The molecule has 172 valence electrons. The third-order valence-corrected chi connectivity index (χ3v) is 6.83. The summed E-state index contributed by atoms with van der Waals surface area (Å²) in [6, 6.07) is 16.7. The summed E-state index contributed by atoms with van der Waals surface area (Å²) in [4.78, 5) is 26.3. The zero-order valence-electron chi connectivity index (χ0n) is 18.2. The van der Waals surface area contributed by atoms with Gasteiger partial charge in [0, 0.05) is 36.3 Å². The molecule has 1 saturated heterocycles. The van der Waals surface area contributed by atoms with Gasteiger partial charge in [0.25, 0.3) is 0 Å². The van der Waals surface area contributed by atoms with Crippen LogP contribution in [0.5, 0.6) is 0 Å². The molecule has 0 aliphatic carbocycles. The van der Waals surface area contributed by atoms with E-state index in [-0.39, 0.29) is 10.6 Å². The van der Waals surface area contributed by atoms with Gasteiger partial charge in [-0.1, -0.05) is 6.07 Å². The Morgan fingerprint density at radius 3 is 2.56 bits per heavy atom. The van der Waals surface area contributed by atoms with E-state index >= 15 is 0 Å². The minimum atomic E-state index is -0.367. The van der Waals surface area contributed by atoms with Crippen LogP contribution < -0.4 is 10.2 Å². The van der Waals surface area contributed by atoms with Crippen LogP contribution in [0.2, 0.25) is 0 Å². The molecule has 3 aromatic heterocycles. The van der Waals surface area contributed by atoms with E-state index in [0.29, 0.717) is 30.0 Å². The van der Waals surface area contributed by atoms with Crippen LogP contribution in [0.3, 0.4) is 0 Å². The minimum Gasteiger partial charge on any atom is -0.351 e. The van der Waals surface area contributed by atoms with Crippen LogP contribution in [0.15, 0.2) is 78.5 Å². The van der Waals surface area contributed by atoms with Gasteiger partial charge >= 0.3 is 5.69 Å². The number of anilines is 3. The fraction of sp³-hybridized carbons (Fsp3) is 0.217. The number of benzene rings is 1. The summed E-state index contributed by atoms with van der Waals surface area (Å²) in [5.41, 5.74) is 1.72. The van der Waals surface area contributed by atoms with Crippen molar-refractivity contribution in [2.24, 2.45) is 0 Å². The van der Waals surface area contributed by atoms with Crippen molar-refractivity contribution in [3.8, 4) is 5.69 Å². The van der Waals surface area contributed by atoms with Crippen LogP contribution in [0.4, 0.5) is 23.0 Å². The molecule has 4 heterocycles. The lowest BCUT2D eigenvalue weighted by atomic mass is 10.1. The van der Waals surface area contributed by atoms with Gasteiger partial charge in [0.15, 0.2) is 0 Å². The Labute approximate surface area is 200 Å². The molecule has 0 bridgehead atoms. The molecule has 10 nitrogen and oxygen atoms in total. The summed E-state index contributed by atoms with van der Waals surface area (Å²) in [5, 5.41) is 20.5. The minimum absolute atomic E-state index is 0.0166. The van der Waals surface area contributed by atoms with Crippen molar-refractivity contribution in [2.75, 3.05) is 23.3 Å². The van der Waals surface area contributed by atoms with Gasteiger partial charge in [-0.2, -0.15) is 5.10 Å². The van der Waals surface area contributed by atoms with Crippen molar-refractivity contribution in [1.29, 1.82) is 0 Å². The number of nitrogens with zero attached hydrogens (tertiary/aromatic N) is 7. The molecule has 5 rings (SSSR count). The van der Waals surface area contributed by atoms with Gasteiger partial charge < -0.3 is 10.2 Å². The summed E-state index contributed by atoms with van der Waals surface area (Å²) < 4.78 is 1.67. The van der Waals surface area contributed by atoms with Crippen LogP contribution in [0.25, 0.3) is 5.69 Å². The normalized spacial score (nSPS) is 14.2. The Hall–Kier alpha value is -3.99.